The van der Waals surface area contributed by atoms with Crippen molar-refractivity contribution in [3.05, 3.63) is 89.0 Å². The number of hydrogen-bond donors (Lipinski definition) is 0. The zero-order valence-electron chi connectivity index (χ0n) is 17.7. The summed E-state index contributed by atoms with van der Waals surface area (Å²) in [5.74, 6) is -3.22. The van der Waals surface area contributed by atoms with Gasteiger partial charge < -0.3 is 9.47 Å². The van der Waals surface area contributed by atoms with Crippen LogP contribution in [0.2, 0.25) is 0 Å². The third-order valence-corrected chi connectivity index (χ3v) is 4.91. The molecule has 164 valence electrons. The van der Waals surface area contributed by atoms with Crippen LogP contribution < -0.4 is 4.74 Å². The van der Waals surface area contributed by atoms with Crippen LogP contribution in [0, 0.1) is 23.0 Å². The van der Waals surface area contributed by atoms with E-state index in [4.69, 9.17) is 14.7 Å². The Bertz CT molecular complexity index is 1080. The summed E-state index contributed by atoms with van der Waals surface area (Å²) in [5.41, 5.74) is 2.50. The van der Waals surface area contributed by atoms with E-state index in [2.05, 4.69) is 6.92 Å². The highest BCUT2D eigenvalue weighted by Crippen LogP contribution is 2.23. The molecule has 0 aromatic heterocycles. The summed E-state index contributed by atoms with van der Waals surface area (Å²) in [6.07, 6.45) is 3.41. The minimum atomic E-state index is -1.08. The van der Waals surface area contributed by atoms with Gasteiger partial charge in [0.15, 0.2) is 0 Å². The average molecular weight is 435 g/mol. The molecule has 0 aliphatic rings. The van der Waals surface area contributed by atoms with Crippen molar-refractivity contribution in [2.75, 3.05) is 6.61 Å². The van der Waals surface area contributed by atoms with Gasteiger partial charge in [-0.15, -0.1) is 0 Å². The lowest BCUT2D eigenvalue weighted by Crippen LogP contribution is -2.09. The Balaban J connectivity index is 1.61. The molecule has 32 heavy (non-hydrogen) atoms. The maximum absolute atomic E-state index is 13.7. The molecule has 0 N–H and O–H groups in total. The molecule has 0 fully saturated rings. The van der Waals surface area contributed by atoms with Crippen molar-refractivity contribution < 1.29 is 23.0 Å². The second-order valence-corrected chi connectivity index (χ2v) is 7.30. The molecule has 0 amide bonds. The van der Waals surface area contributed by atoms with Crippen molar-refractivity contribution in [1.29, 1.82) is 5.26 Å². The highest BCUT2D eigenvalue weighted by molar-refractivity contribution is 5.91. The number of halogens is 2. The first-order valence-electron chi connectivity index (χ1n) is 10.4. The minimum Gasteiger partial charge on any atom is -0.423 e. The van der Waals surface area contributed by atoms with Gasteiger partial charge in [0.1, 0.15) is 29.0 Å². The zero-order chi connectivity index (χ0) is 22.9. The summed E-state index contributed by atoms with van der Waals surface area (Å²) in [6, 6.07) is 17.7. The zero-order valence-corrected chi connectivity index (χ0v) is 17.7. The third kappa shape index (κ3) is 5.99. The molecule has 0 saturated heterocycles. The Kier molecular flexibility index (Phi) is 8.07. The summed E-state index contributed by atoms with van der Waals surface area (Å²) < 4.78 is 38.1. The van der Waals surface area contributed by atoms with Crippen LogP contribution in [0.4, 0.5) is 8.78 Å². The van der Waals surface area contributed by atoms with Crippen molar-refractivity contribution in [3.8, 4) is 22.9 Å². The van der Waals surface area contributed by atoms with Gasteiger partial charge in [0.25, 0.3) is 0 Å². The molecule has 0 atom stereocenters. The number of carbonyl (C=O) groups is 1. The Morgan fingerprint density at radius 2 is 1.53 bits per heavy atom. The number of benzene rings is 3. The van der Waals surface area contributed by atoms with Gasteiger partial charge in [-0.1, -0.05) is 56.2 Å². The molecule has 6 heteroatoms. The topological polar surface area (TPSA) is 59.3 Å². The van der Waals surface area contributed by atoms with Gasteiger partial charge in [0, 0.05) is 18.7 Å². The van der Waals surface area contributed by atoms with Crippen molar-refractivity contribution in [1.82, 2.24) is 0 Å². The summed E-state index contributed by atoms with van der Waals surface area (Å²) in [7, 11) is 0. The normalized spacial score (nSPS) is 10.6. The van der Waals surface area contributed by atoms with E-state index in [0.29, 0.717) is 6.61 Å². The molecule has 0 aliphatic heterocycles. The molecule has 0 radical (unpaired) electrons. The van der Waals surface area contributed by atoms with Gasteiger partial charge in [-0.05, 0) is 35.2 Å². The summed E-state index contributed by atoms with van der Waals surface area (Å²) in [4.78, 5) is 12.3. The lowest BCUT2D eigenvalue weighted by atomic mass is 10.0. The standard InChI is InChI=1S/C26H23F2NO3/c1-2-3-4-13-31-17-18-5-7-19(8-6-18)20-9-11-21(12-10-20)26(30)32-22-14-24(27)23(16-29)25(28)15-22/h5-12,14-15H,2-4,13,17H2,1H3. The van der Waals surface area contributed by atoms with Gasteiger partial charge in [0.2, 0.25) is 0 Å². The van der Waals surface area contributed by atoms with E-state index in [9.17, 15) is 13.6 Å². The van der Waals surface area contributed by atoms with Crippen LogP contribution in [0.25, 0.3) is 11.1 Å². The van der Waals surface area contributed by atoms with Gasteiger partial charge in [-0.2, -0.15) is 5.26 Å². The molecular weight excluding hydrogens is 412 g/mol. The number of nitrogens with zero attached hydrogens (tertiary/aromatic N) is 1. The predicted octanol–water partition coefficient (Wildman–Crippen LogP) is 6.43. The first-order valence-corrected chi connectivity index (χ1v) is 10.4. The molecule has 3 aromatic rings. The van der Waals surface area contributed by atoms with E-state index in [1.54, 1.807) is 24.3 Å². The molecule has 0 saturated carbocycles. The van der Waals surface area contributed by atoms with Crippen LogP contribution in [0.15, 0.2) is 60.7 Å². The molecule has 0 heterocycles. The van der Waals surface area contributed by atoms with Crippen molar-refractivity contribution in [2.45, 2.75) is 32.8 Å². The number of nitriles is 1. The number of unbranched alkanes of at least 4 members (excludes halogenated alkanes) is 2. The second kappa shape index (κ2) is 11.2. The van der Waals surface area contributed by atoms with Crippen LogP contribution in [0.1, 0.15) is 47.7 Å². The SMILES string of the molecule is CCCCCOCc1ccc(-c2ccc(C(=O)Oc3cc(F)c(C#N)c(F)c3)cc2)cc1. The monoisotopic (exact) mass is 435 g/mol. The number of carbonyl (C=O) groups excluding carboxylic acids is 1. The molecular formula is C26H23F2NO3. The fourth-order valence-corrected chi connectivity index (χ4v) is 3.12. The Morgan fingerprint density at radius 1 is 0.938 bits per heavy atom. The number of esters is 1. The Labute approximate surface area is 186 Å². The maximum Gasteiger partial charge on any atom is 0.343 e. The van der Waals surface area contributed by atoms with Crippen molar-refractivity contribution >= 4 is 5.97 Å². The number of hydrogen-bond acceptors (Lipinski definition) is 4. The van der Waals surface area contributed by atoms with E-state index in [-0.39, 0.29) is 11.3 Å². The van der Waals surface area contributed by atoms with E-state index in [0.717, 1.165) is 41.9 Å². The molecule has 0 spiro atoms. The summed E-state index contributed by atoms with van der Waals surface area (Å²) in [5, 5.41) is 8.71. The van der Waals surface area contributed by atoms with Gasteiger partial charge in [-0.25, -0.2) is 13.6 Å². The summed E-state index contributed by atoms with van der Waals surface area (Å²) >= 11 is 0. The molecule has 3 aromatic carbocycles. The van der Waals surface area contributed by atoms with Gasteiger partial charge in [-0.3, -0.25) is 0 Å². The quantitative estimate of drug-likeness (QED) is 0.221. The third-order valence-electron chi connectivity index (χ3n) is 4.91. The van der Waals surface area contributed by atoms with Crippen molar-refractivity contribution in [2.24, 2.45) is 0 Å². The minimum absolute atomic E-state index is 0.232. The van der Waals surface area contributed by atoms with E-state index < -0.39 is 23.2 Å². The van der Waals surface area contributed by atoms with Crippen LogP contribution in [0.5, 0.6) is 5.75 Å². The first-order chi connectivity index (χ1) is 15.5. The second-order valence-electron chi connectivity index (χ2n) is 7.30. The van der Waals surface area contributed by atoms with E-state index in [1.807, 2.05) is 24.3 Å². The fourth-order valence-electron chi connectivity index (χ4n) is 3.12. The lowest BCUT2D eigenvalue weighted by Gasteiger charge is -2.08. The van der Waals surface area contributed by atoms with Crippen LogP contribution >= 0.6 is 0 Å². The number of rotatable bonds is 9. The van der Waals surface area contributed by atoms with Crippen LogP contribution in [0.3, 0.4) is 0 Å². The van der Waals surface area contributed by atoms with E-state index >= 15 is 0 Å². The molecule has 0 aliphatic carbocycles. The largest absolute Gasteiger partial charge is 0.423 e. The maximum atomic E-state index is 13.7. The van der Waals surface area contributed by atoms with Gasteiger partial charge >= 0.3 is 5.97 Å². The molecule has 4 nitrogen and oxygen atoms in total. The summed E-state index contributed by atoms with van der Waals surface area (Å²) in [6.45, 7) is 3.49. The predicted molar refractivity (Wildman–Crippen MR) is 117 cm³/mol. The molecule has 0 unspecified atom stereocenters. The lowest BCUT2D eigenvalue weighted by molar-refractivity contribution is 0.0734. The Morgan fingerprint density at radius 3 is 2.09 bits per heavy atom. The van der Waals surface area contributed by atoms with E-state index in [1.165, 1.54) is 18.9 Å². The van der Waals surface area contributed by atoms with Crippen molar-refractivity contribution in [3.63, 3.8) is 0 Å². The molecule has 0 bridgehead atoms. The molecule has 3 rings (SSSR count). The number of ether oxygens (including phenoxy) is 2. The van der Waals surface area contributed by atoms with Crippen LogP contribution in [-0.2, 0) is 11.3 Å². The fraction of sp³-hybridized carbons (Fsp3) is 0.231. The average Bonchev–Trinajstić information content (AvgIpc) is 2.79. The smallest absolute Gasteiger partial charge is 0.343 e. The Hall–Kier alpha value is -3.56. The van der Waals surface area contributed by atoms with Gasteiger partial charge in [0.05, 0.1) is 12.2 Å². The first kappa shape index (κ1) is 23.1. The highest BCUT2D eigenvalue weighted by Gasteiger charge is 2.15. The highest BCUT2D eigenvalue weighted by atomic mass is 19.1. The van der Waals surface area contributed by atoms with Crippen LogP contribution in [-0.4, -0.2) is 12.6 Å².